The number of sulfonamides is 1. The average molecular weight is 511 g/mol. The summed E-state index contributed by atoms with van der Waals surface area (Å²) in [6.07, 6.45) is 1.53. The van der Waals surface area contributed by atoms with Gasteiger partial charge in [-0.2, -0.15) is 9.29 Å². The molecule has 4 rings (SSSR count). The van der Waals surface area contributed by atoms with Crippen LogP contribution in [0.25, 0.3) is 0 Å². The Hall–Kier alpha value is -3.04. The van der Waals surface area contributed by atoms with E-state index >= 15 is 0 Å². The van der Waals surface area contributed by atoms with Gasteiger partial charge >= 0.3 is 0 Å². The SMILES string of the molecule is Cc1cc(C)c(S(=O)(=O)N2CCC(C(=O)Nc3ccc(Cc4noc(C(C)C)n4)cc3)CC2)c(C)c1. The number of aromatic nitrogens is 2. The lowest BCUT2D eigenvalue weighted by Gasteiger charge is -2.31. The fourth-order valence-electron chi connectivity index (χ4n) is 4.77. The molecule has 1 amide bonds. The molecule has 36 heavy (non-hydrogen) atoms. The highest BCUT2D eigenvalue weighted by atomic mass is 32.2. The van der Waals surface area contributed by atoms with E-state index in [0.29, 0.717) is 54.6 Å². The highest BCUT2D eigenvalue weighted by Gasteiger charge is 2.33. The van der Waals surface area contributed by atoms with Crippen molar-refractivity contribution in [3.8, 4) is 0 Å². The van der Waals surface area contributed by atoms with E-state index < -0.39 is 10.0 Å². The lowest BCUT2D eigenvalue weighted by atomic mass is 9.97. The van der Waals surface area contributed by atoms with Crippen LogP contribution in [0.4, 0.5) is 5.69 Å². The minimum Gasteiger partial charge on any atom is -0.339 e. The van der Waals surface area contributed by atoms with E-state index in [1.807, 2.05) is 71.0 Å². The Labute approximate surface area is 213 Å². The van der Waals surface area contributed by atoms with Crippen LogP contribution in [-0.2, 0) is 21.2 Å². The number of nitrogens with zero attached hydrogens (tertiary/aromatic N) is 3. The zero-order valence-electron chi connectivity index (χ0n) is 21.5. The summed E-state index contributed by atoms with van der Waals surface area (Å²) in [5.41, 5.74) is 4.29. The molecular weight excluding hydrogens is 476 g/mol. The van der Waals surface area contributed by atoms with Gasteiger partial charge in [0, 0.05) is 37.0 Å². The molecule has 8 nitrogen and oxygen atoms in total. The fraction of sp³-hybridized carbons (Fsp3) is 0.444. The van der Waals surface area contributed by atoms with Crippen LogP contribution in [0, 0.1) is 26.7 Å². The number of nitrogens with one attached hydrogen (secondary N) is 1. The quantitative estimate of drug-likeness (QED) is 0.492. The van der Waals surface area contributed by atoms with Gasteiger partial charge in [-0.3, -0.25) is 4.79 Å². The third kappa shape index (κ3) is 5.68. The van der Waals surface area contributed by atoms with Crippen molar-refractivity contribution >= 4 is 21.6 Å². The second-order valence-electron chi connectivity index (χ2n) is 9.97. The van der Waals surface area contributed by atoms with Gasteiger partial charge in [-0.05, 0) is 62.4 Å². The van der Waals surface area contributed by atoms with Crippen molar-refractivity contribution in [1.29, 1.82) is 0 Å². The van der Waals surface area contributed by atoms with Crippen LogP contribution in [0.5, 0.6) is 0 Å². The van der Waals surface area contributed by atoms with Crippen molar-refractivity contribution in [2.24, 2.45) is 5.92 Å². The number of amides is 1. The first-order valence-electron chi connectivity index (χ1n) is 12.3. The molecule has 0 atom stereocenters. The number of rotatable bonds is 7. The highest BCUT2D eigenvalue weighted by molar-refractivity contribution is 7.89. The molecule has 1 N–H and O–H groups in total. The minimum atomic E-state index is -3.60. The Morgan fingerprint density at radius 1 is 1.08 bits per heavy atom. The summed E-state index contributed by atoms with van der Waals surface area (Å²) in [4.78, 5) is 17.7. The number of benzene rings is 2. The van der Waals surface area contributed by atoms with Crippen molar-refractivity contribution in [3.63, 3.8) is 0 Å². The fourth-order valence-corrected chi connectivity index (χ4v) is 6.65. The van der Waals surface area contributed by atoms with Gasteiger partial charge in [0.2, 0.25) is 21.8 Å². The maximum atomic E-state index is 13.3. The number of anilines is 1. The lowest BCUT2D eigenvalue weighted by Crippen LogP contribution is -2.41. The van der Waals surface area contributed by atoms with Crippen LogP contribution >= 0.6 is 0 Å². The predicted molar refractivity (Wildman–Crippen MR) is 138 cm³/mol. The molecule has 1 aliphatic rings. The Morgan fingerprint density at radius 3 is 2.25 bits per heavy atom. The van der Waals surface area contributed by atoms with E-state index in [0.717, 1.165) is 22.3 Å². The molecule has 0 spiro atoms. The van der Waals surface area contributed by atoms with Crippen LogP contribution in [-0.4, -0.2) is 41.9 Å². The molecule has 1 aromatic heterocycles. The molecule has 2 aromatic carbocycles. The summed E-state index contributed by atoms with van der Waals surface area (Å²) < 4.78 is 33.4. The zero-order valence-corrected chi connectivity index (χ0v) is 22.4. The molecule has 192 valence electrons. The first kappa shape index (κ1) is 26.0. The summed E-state index contributed by atoms with van der Waals surface area (Å²) >= 11 is 0. The Balaban J connectivity index is 1.33. The maximum Gasteiger partial charge on any atom is 0.243 e. The molecule has 9 heteroatoms. The first-order chi connectivity index (χ1) is 17.0. The number of carbonyl (C=O) groups excluding carboxylic acids is 1. The van der Waals surface area contributed by atoms with Crippen LogP contribution in [0.15, 0.2) is 45.8 Å². The molecule has 0 saturated carbocycles. The molecule has 0 unspecified atom stereocenters. The van der Waals surface area contributed by atoms with Gasteiger partial charge in [-0.15, -0.1) is 0 Å². The average Bonchev–Trinajstić information content (AvgIpc) is 3.28. The van der Waals surface area contributed by atoms with Gasteiger partial charge in [-0.25, -0.2) is 8.42 Å². The Morgan fingerprint density at radius 2 is 1.69 bits per heavy atom. The van der Waals surface area contributed by atoms with Crippen LogP contribution in [0.3, 0.4) is 0 Å². The molecule has 2 heterocycles. The third-order valence-electron chi connectivity index (χ3n) is 6.59. The number of hydrogen-bond donors (Lipinski definition) is 1. The van der Waals surface area contributed by atoms with Gasteiger partial charge in [0.1, 0.15) is 0 Å². The molecular formula is C27H34N4O4S. The van der Waals surface area contributed by atoms with E-state index in [1.54, 1.807) is 0 Å². The third-order valence-corrected chi connectivity index (χ3v) is 8.79. The normalized spacial score (nSPS) is 15.4. The number of carbonyl (C=O) groups is 1. The predicted octanol–water partition coefficient (Wildman–Crippen LogP) is 4.75. The molecule has 0 bridgehead atoms. The highest BCUT2D eigenvalue weighted by Crippen LogP contribution is 2.29. The maximum absolute atomic E-state index is 13.3. The Kier molecular flexibility index (Phi) is 7.61. The molecule has 3 aromatic rings. The van der Waals surface area contributed by atoms with E-state index in [4.69, 9.17) is 4.52 Å². The van der Waals surface area contributed by atoms with Crippen molar-refractivity contribution in [2.45, 2.75) is 64.7 Å². The number of piperidine rings is 1. The summed E-state index contributed by atoms with van der Waals surface area (Å²) in [6, 6.07) is 11.4. The van der Waals surface area contributed by atoms with Crippen molar-refractivity contribution in [2.75, 3.05) is 18.4 Å². The van der Waals surface area contributed by atoms with Gasteiger partial charge in [0.15, 0.2) is 5.82 Å². The van der Waals surface area contributed by atoms with Gasteiger partial charge < -0.3 is 9.84 Å². The smallest absolute Gasteiger partial charge is 0.243 e. The second-order valence-corrected chi connectivity index (χ2v) is 11.8. The van der Waals surface area contributed by atoms with E-state index in [9.17, 15) is 13.2 Å². The molecule has 1 fully saturated rings. The summed E-state index contributed by atoms with van der Waals surface area (Å²) in [7, 11) is -3.60. The van der Waals surface area contributed by atoms with E-state index in [2.05, 4.69) is 15.5 Å². The van der Waals surface area contributed by atoms with E-state index in [1.165, 1.54) is 4.31 Å². The zero-order chi connectivity index (χ0) is 26.0. The molecule has 0 aliphatic carbocycles. The minimum absolute atomic E-state index is 0.0813. The second kappa shape index (κ2) is 10.5. The van der Waals surface area contributed by atoms with Crippen LogP contribution in [0.2, 0.25) is 0 Å². The summed E-state index contributed by atoms with van der Waals surface area (Å²) in [5, 5.41) is 6.99. The number of hydrogen-bond acceptors (Lipinski definition) is 6. The van der Waals surface area contributed by atoms with Crippen LogP contribution < -0.4 is 5.32 Å². The summed E-state index contributed by atoms with van der Waals surface area (Å²) in [6.45, 7) is 10.3. The molecule has 1 saturated heterocycles. The Bertz CT molecular complexity index is 1320. The van der Waals surface area contributed by atoms with Gasteiger partial charge in [0.05, 0.1) is 4.90 Å². The van der Waals surface area contributed by atoms with Crippen molar-refractivity contribution in [1.82, 2.24) is 14.4 Å². The topological polar surface area (TPSA) is 105 Å². The van der Waals surface area contributed by atoms with Gasteiger partial charge in [-0.1, -0.05) is 48.8 Å². The first-order valence-corrected chi connectivity index (χ1v) is 13.8. The van der Waals surface area contributed by atoms with Crippen molar-refractivity contribution in [3.05, 3.63) is 70.4 Å². The van der Waals surface area contributed by atoms with Gasteiger partial charge in [0.25, 0.3) is 0 Å². The molecule has 0 radical (unpaired) electrons. The largest absolute Gasteiger partial charge is 0.339 e. The number of aryl methyl sites for hydroxylation is 3. The standard InChI is InChI=1S/C27H34N4O4S/c1-17(2)27-29-24(30-35-27)16-21-6-8-23(9-7-21)28-26(32)22-10-12-31(13-11-22)36(33,34)25-19(4)14-18(3)15-20(25)5/h6-9,14-15,17,22H,10-13,16H2,1-5H3,(H,28,32). The lowest BCUT2D eigenvalue weighted by molar-refractivity contribution is -0.120. The van der Waals surface area contributed by atoms with Crippen LogP contribution in [0.1, 0.15) is 66.6 Å². The monoisotopic (exact) mass is 510 g/mol. The van der Waals surface area contributed by atoms with E-state index in [-0.39, 0.29) is 17.7 Å². The summed E-state index contributed by atoms with van der Waals surface area (Å²) in [5.74, 6) is 1.13. The van der Waals surface area contributed by atoms with Crippen molar-refractivity contribution < 1.29 is 17.7 Å². The molecule has 1 aliphatic heterocycles.